The third kappa shape index (κ3) is 7.47. The van der Waals surface area contributed by atoms with Crippen LogP contribution in [0.5, 0.6) is 11.5 Å². The van der Waals surface area contributed by atoms with Crippen molar-refractivity contribution >= 4 is 5.91 Å². The van der Waals surface area contributed by atoms with Crippen LogP contribution in [0.25, 0.3) is 0 Å². The van der Waals surface area contributed by atoms with E-state index >= 15 is 0 Å². The summed E-state index contributed by atoms with van der Waals surface area (Å²) < 4.78 is 0. The molecule has 2 rings (SSSR count). The number of hydrogen-bond donors (Lipinski definition) is 4. The second-order valence-corrected chi connectivity index (χ2v) is 5.72. The molecule has 7 nitrogen and oxygen atoms in total. The fourth-order valence-electron chi connectivity index (χ4n) is 2.00. The maximum Gasteiger partial charge on any atom is 0.252 e. The number of amides is 1. The highest BCUT2D eigenvalue weighted by atomic mass is 16.3. The number of aromatic hydroxyl groups is 2. The van der Waals surface area contributed by atoms with Crippen molar-refractivity contribution in [1.29, 1.82) is 10.5 Å². The minimum Gasteiger partial charge on any atom is -0.508 e. The van der Waals surface area contributed by atoms with Gasteiger partial charge in [0.2, 0.25) is 0 Å². The summed E-state index contributed by atoms with van der Waals surface area (Å²) >= 11 is 0. The van der Waals surface area contributed by atoms with Gasteiger partial charge in [-0.1, -0.05) is 18.2 Å². The lowest BCUT2D eigenvalue weighted by molar-refractivity contribution is 0.0958. The summed E-state index contributed by atoms with van der Waals surface area (Å²) in [6, 6.07) is 13.9. The summed E-state index contributed by atoms with van der Waals surface area (Å²) in [4.78, 5) is 11.3. The first-order chi connectivity index (χ1) is 12.9. The molecule has 2 aromatic rings. The monoisotopic (exact) mass is 366 g/mol. The van der Waals surface area contributed by atoms with Gasteiger partial charge in [0.1, 0.15) is 18.0 Å². The topological polar surface area (TPSA) is 129 Å². The van der Waals surface area contributed by atoms with Crippen LogP contribution in [0.2, 0.25) is 0 Å². The van der Waals surface area contributed by atoms with E-state index in [0.29, 0.717) is 30.0 Å². The van der Waals surface area contributed by atoms with Crippen LogP contribution in [-0.4, -0.2) is 29.2 Å². The second-order valence-electron chi connectivity index (χ2n) is 5.72. The first kappa shape index (κ1) is 21.5. The van der Waals surface area contributed by atoms with Crippen LogP contribution in [-0.2, 0) is 6.54 Å². The molecule has 0 saturated carbocycles. The number of aryl methyl sites for hydroxylation is 2. The standard InChI is InChI=1S/C10H10N2O2.C10H12N2O/c1-7-2-3-8(6-9(7)13)10(14)12-5-4-11;1-8-2-3-9(6-10(8)13)7-12-5-4-11/h2-3,6,13H,5H2,1H3,(H,12,14);2-3,6,12-13H,5,7H2,1H3. The van der Waals surface area contributed by atoms with Crippen LogP contribution in [0.4, 0.5) is 0 Å². The highest BCUT2D eigenvalue weighted by molar-refractivity contribution is 5.94. The molecule has 2 aromatic carbocycles. The van der Waals surface area contributed by atoms with Crippen LogP contribution >= 0.6 is 0 Å². The second kappa shape index (κ2) is 11.1. The third-order valence-electron chi connectivity index (χ3n) is 3.61. The molecule has 0 bridgehead atoms. The Kier molecular flexibility index (Phi) is 8.87. The molecule has 0 unspecified atom stereocenters. The molecular weight excluding hydrogens is 344 g/mol. The number of carbonyl (C=O) groups is 1. The Morgan fingerprint density at radius 3 is 2.11 bits per heavy atom. The molecule has 4 N–H and O–H groups in total. The van der Waals surface area contributed by atoms with Gasteiger partial charge < -0.3 is 20.8 Å². The van der Waals surface area contributed by atoms with Gasteiger partial charge in [0.25, 0.3) is 5.91 Å². The Bertz CT molecular complexity index is 867. The first-order valence-corrected chi connectivity index (χ1v) is 8.20. The van der Waals surface area contributed by atoms with E-state index < -0.39 is 0 Å². The van der Waals surface area contributed by atoms with E-state index in [1.165, 1.54) is 6.07 Å². The van der Waals surface area contributed by atoms with Gasteiger partial charge >= 0.3 is 0 Å². The average Bonchev–Trinajstić information content (AvgIpc) is 2.65. The Labute approximate surface area is 158 Å². The largest absolute Gasteiger partial charge is 0.508 e. The normalized spacial score (nSPS) is 9.33. The van der Waals surface area contributed by atoms with Gasteiger partial charge in [0, 0.05) is 12.1 Å². The Morgan fingerprint density at radius 1 is 0.963 bits per heavy atom. The lowest BCUT2D eigenvalue weighted by Gasteiger charge is -2.03. The number of rotatable bonds is 5. The van der Waals surface area contributed by atoms with E-state index in [0.717, 1.165) is 11.1 Å². The molecule has 0 saturated heterocycles. The number of hydrogen-bond acceptors (Lipinski definition) is 6. The van der Waals surface area contributed by atoms with Crippen molar-refractivity contribution in [1.82, 2.24) is 10.6 Å². The van der Waals surface area contributed by atoms with Gasteiger partial charge in [0.05, 0.1) is 18.7 Å². The van der Waals surface area contributed by atoms with Crippen LogP contribution in [0, 0.1) is 36.5 Å². The zero-order valence-corrected chi connectivity index (χ0v) is 15.3. The number of nitrogens with zero attached hydrogens (tertiary/aromatic N) is 2. The van der Waals surface area contributed by atoms with Crippen LogP contribution in [0.1, 0.15) is 27.0 Å². The minimum atomic E-state index is -0.359. The predicted molar refractivity (Wildman–Crippen MR) is 101 cm³/mol. The lowest BCUT2D eigenvalue weighted by atomic mass is 10.1. The van der Waals surface area contributed by atoms with E-state index in [1.54, 1.807) is 31.2 Å². The fraction of sp³-hybridized carbons (Fsp3) is 0.250. The number of phenols is 2. The zero-order chi connectivity index (χ0) is 20.2. The van der Waals surface area contributed by atoms with E-state index in [4.69, 9.17) is 10.5 Å². The summed E-state index contributed by atoms with van der Waals surface area (Å²) in [6.07, 6.45) is 0. The number of phenolic OH excluding ortho intramolecular Hbond substituents is 2. The molecule has 0 radical (unpaired) electrons. The Hall–Kier alpha value is -3.55. The molecule has 1 amide bonds. The van der Waals surface area contributed by atoms with E-state index in [-0.39, 0.29) is 18.2 Å². The molecule has 27 heavy (non-hydrogen) atoms. The Balaban J connectivity index is 0.000000271. The molecule has 0 aliphatic heterocycles. The summed E-state index contributed by atoms with van der Waals surface area (Å²) in [5.74, 6) is 0.0210. The van der Waals surface area contributed by atoms with Gasteiger partial charge in [-0.25, -0.2) is 0 Å². The van der Waals surface area contributed by atoms with Gasteiger partial charge in [0.15, 0.2) is 0 Å². The van der Waals surface area contributed by atoms with Gasteiger partial charge in [-0.3, -0.25) is 4.79 Å². The quantitative estimate of drug-likeness (QED) is 0.474. The van der Waals surface area contributed by atoms with Gasteiger partial charge in [-0.15, -0.1) is 0 Å². The number of nitriles is 2. The van der Waals surface area contributed by atoms with Gasteiger partial charge in [-0.05, 0) is 48.7 Å². The minimum absolute atomic E-state index is 0.0343. The van der Waals surface area contributed by atoms with Crippen molar-refractivity contribution in [2.24, 2.45) is 0 Å². The van der Waals surface area contributed by atoms with E-state index in [2.05, 4.69) is 10.6 Å². The maximum absolute atomic E-state index is 11.3. The molecule has 7 heteroatoms. The van der Waals surface area contributed by atoms with Crippen molar-refractivity contribution in [3.05, 3.63) is 58.7 Å². The van der Waals surface area contributed by atoms with Crippen molar-refractivity contribution in [3.8, 4) is 23.6 Å². The highest BCUT2D eigenvalue weighted by Crippen LogP contribution is 2.17. The highest BCUT2D eigenvalue weighted by Gasteiger charge is 2.06. The molecule has 0 fully saturated rings. The molecule has 140 valence electrons. The molecule has 0 aromatic heterocycles. The first-order valence-electron chi connectivity index (χ1n) is 8.20. The van der Waals surface area contributed by atoms with E-state index in [1.807, 2.05) is 25.1 Å². The summed E-state index contributed by atoms with van der Waals surface area (Å²) in [5, 5.41) is 40.5. The third-order valence-corrected chi connectivity index (χ3v) is 3.61. The molecule has 0 atom stereocenters. The predicted octanol–water partition coefficient (Wildman–Crippen LogP) is 2.27. The summed E-state index contributed by atoms with van der Waals surface area (Å²) in [5.41, 5.74) is 2.91. The van der Waals surface area contributed by atoms with Crippen LogP contribution in [0.15, 0.2) is 36.4 Å². The van der Waals surface area contributed by atoms with E-state index in [9.17, 15) is 15.0 Å². The van der Waals surface area contributed by atoms with Gasteiger partial charge in [-0.2, -0.15) is 10.5 Å². The number of nitrogens with one attached hydrogen (secondary N) is 2. The average molecular weight is 366 g/mol. The molecular formula is C20H22N4O3. The maximum atomic E-state index is 11.3. The molecule has 0 heterocycles. The number of benzene rings is 2. The van der Waals surface area contributed by atoms with Crippen molar-refractivity contribution < 1.29 is 15.0 Å². The summed E-state index contributed by atoms with van der Waals surface area (Å²) in [6.45, 7) is 4.50. The smallest absolute Gasteiger partial charge is 0.252 e. The SMILES string of the molecule is Cc1ccc(C(=O)NCC#N)cc1O.Cc1ccc(CNCC#N)cc1O. The zero-order valence-electron chi connectivity index (χ0n) is 15.3. The molecule has 0 aliphatic rings. The molecule has 0 aliphatic carbocycles. The lowest BCUT2D eigenvalue weighted by Crippen LogP contribution is -2.23. The Morgan fingerprint density at radius 2 is 1.56 bits per heavy atom. The van der Waals surface area contributed by atoms with Crippen molar-refractivity contribution in [3.63, 3.8) is 0 Å². The fourth-order valence-corrected chi connectivity index (χ4v) is 2.00. The molecule has 0 spiro atoms. The van der Waals surface area contributed by atoms with Crippen LogP contribution in [0.3, 0.4) is 0 Å². The number of carbonyl (C=O) groups excluding carboxylic acids is 1. The van der Waals surface area contributed by atoms with Crippen LogP contribution < -0.4 is 10.6 Å². The van der Waals surface area contributed by atoms with Crippen molar-refractivity contribution in [2.75, 3.05) is 13.1 Å². The summed E-state index contributed by atoms with van der Waals surface area (Å²) in [7, 11) is 0. The van der Waals surface area contributed by atoms with Crippen molar-refractivity contribution in [2.45, 2.75) is 20.4 Å².